The second-order valence-electron chi connectivity index (χ2n) is 6.40. The minimum absolute atomic E-state index is 0.0341. The topological polar surface area (TPSA) is 87.5 Å². The minimum atomic E-state index is -0.0341. The average molecular weight is 396 g/mol. The first-order valence-corrected chi connectivity index (χ1v) is 9.78. The molecule has 154 valence electrons. The molecule has 0 atom stereocenters. The highest BCUT2D eigenvalue weighted by atomic mass is 16.5. The average Bonchev–Trinajstić information content (AvgIpc) is 2.77. The third-order valence-corrected chi connectivity index (χ3v) is 4.48. The third kappa shape index (κ3) is 6.68. The molecule has 0 saturated carbocycles. The van der Waals surface area contributed by atoms with Gasteiger partial charge in [-0.05, 0) is 44.0 Å². The van der Waals surface area contributed by atoms with Crippen LogP contribution in [0.15, 0.2) is 36.5 Å². The Morgan fingerprint density at radius 3 is 2.62 bits per heavy atom. The summed E-state index contributed by atoms with van der Waals surface area (Å²) in [4.78, 5) is 18.7. The number of methoxy groups -OCH3 is 1. The molecule has 29 heavy (non-hydrogen) atoms. The van der Waals surface area contributed by atoms with Crippen molar-refractivity contribution in [2.24, 2.45) is 0 Å². The van der Waals surface area contributed by atoms with Gasteiger partial charge in [0.25, 0.3) is 0 Å². The number of benzene rings is 1. The summed E-state index contributed by atoms with van der Waals surface area (Å²) in [6.45, 7) is 6.86. The number of nitrogens with zero attached hydrogens (tertiary/aromatic N) is 3. The summed E-state index contributed by atoms with van der Waals surface area (Å²) >= 11 is 0. The number of ether oxygens (including phenoxy) is 2. The van der Waals surface area contributed by atoms with Crippen molar-refractivity contribution in [2.45, 2.75) is 33.2 Å². The van der Waals surface area contributed by atoms with Crippen molar-refractivity contribution in [3.8, 4) is 17.6 Å². The number of pyridine rings is 1. The van der Waals surface area contributed by atoms with Crippen molar-refractivity contribution in [1.82, 2.24) is 10.3 Å². The van der Waals surface area contributed by atoms with E-state index < -0.39 is 0 Å². The SMILES string of the molecule is CCN(CC)c1ccc(CNC(=O)CCCOc2ccc(C#N)cc2OC)cn1. The predicted octanol–water partition coefficient (Wildman–Crippen LogP) is 3.28. The van der Waals surface area contributed by atoms with Crippen LogP contribution in [-0.2, 0) is 11.3 Å². The summed E-state index contributed by atoms with van der Waals surface area (Å²) < 4.78 is 10.9. The van der Waals surface area contributed by atoms with E-state index in [2.05, 4.69) is 35.1 Å². The summed E-state index contributed by atoms with van der Waals surface area (Å²) in [5.74, 6) is 1.98. The van der Waals surface area contributed by atoms with Gasteiger partial charge in [0.15, 0.2) is 11.5 Å². The first-order valence-electron chi connectivity index (χ1n) is 9.78. The monoisotopic (exact) mass is 396 g/mol. The number of rotatable bonds is 11. The number of hydrogen-bond acceptors (Lipinski definition) is 6. The molecule has 0 radical (unpaired) electrons. The number of carbonyl (C=O) groups excluding carboxylic acids is 1. The van der Waals surface area contributed by atoms with Crippen molar-refractivity contribution in [1.29, 1.82) is 5.26 Å². The van der Waals surface area contributed by atoms with Crippen LogP contribution in [0.1, 0.15) is 37.8 Å². The molecule has 1 amide bonds. The van der Waals surface area contributed by atoms with E-state index >= 15 is 0 Å². The van der Waals surface area contributed by atoms with E-state index in [-0.39, 0.29) is 5.91 Å². The predicted molar refractivity (Wildman–Crippen MR) is 112 cm³/mol. The zero-order chi connectivity index (χ0) is 21.1. The second kappa shape index (κ2) is 11.5. The molecule has 0 aliphatic rings. The molecule has 0 fully saturated rings. The Labute approximate surface area is 172 Å². The number of nitriles is 1. The van der Waals surface area contributed by atoms with Gasteiger partial charge in [-0.15, -0.1) is 0 Å². The highest BCUT2D eigenvalue weighted by molar-refractivity contribution is 5.75. The van der Waals surface area contributed by atoms with Crippen molar-refractivity contribution >= 4 is 11.7 Å². The summed E-state index contributed by atoms with van der Waals surface area (Å²) in [6, 6.07) is 11.0. The molecule has 0 aliphatic carbocycles. The molecule has 7 heteroatoms. The van der Waals surface area contributed by atoms with Crippen LogP contribution in [0, 0.1) is 11.3 Å². The smallest absolute Gasteiger partial charge is 0.220 e. The molecule has 7 nitrogen and oxygen atoms in total. The van der Waals surface area contributed by atoms with Crippen molar-refractivity contribution < 1.29 is 14.3 Å². The molecule has 1 aromatic heterocycles. The standard InChI is InChI=1S/C22H28N4O3/c1-4-26(5-2)21-11-9-18(15-24-21)16-25-22(27)7-6-12-29-19-10-8-17(14-23)13-20(19)28-3/h8-11,13,15H,4-7,12,16H2,1-3H3,(H,25,27). The number of carbonyl (C=O) groups is 1. The van der Waals surface area contributed by atoms with E-state index in [1.54, 1.807) is 24.4 Å². The lowest BCUT2D eigenvalue weighted by atomic mass is 10.2. The number of aromatic nitrogens is 1. The third-order valence-electron chi connectivity index (χ3n) is 4.48. The van der Waals surface area contributed by atoms with Gasteiger partial charge in [0.05, 0.1) is 25.3 Å². The molecular formula is C22H28N4O3. The first kappa shape index (κ1) is 22.0. The van der Waals surface area contributed by atoms with Gasteiger partial charge in [-0.2, -0.15) is 5.26 Å². The van der Waals surface area contributed by atoms with Gasteiger partial charge >= 0.3 is 0 Å². The van der Waals surface area contributed by atoms with Gasteiger partial charge in [0.1, 0.15) is 5.82 Å². The summed E-state index contributed by atoms with van der Waals surface area (Å²) in [5.41, 5.74) is 1.47. The first-order chi connectivity index (χ1) is 14.1. The van der Waals surface area contributed by atoms with Crippen molar-refractivity contribution in [3.05, 3.63) is 47.7 Å². The molecule has 2 rings (SSSR count). The molecule has 0 bridgehead atoms. The van der Waals surface area contributed by atoms with Crippen LogP contribution >= 0.6 is 0 Å². The van der Waals surface area contributed by atoms with Gasteiger partial charge in [0.2, 0.25) is 5.91 Å². The molecule has 2 aromatic rings. The fourth-order valence-electron chi connectivity index (χ4n) is 2.82. The lowest BCUT2D eigenvalue weighted by Gasteiger charge is -2.19. The fourth-order valence-corrected chi connectivity index (χ4v) is 2.82. The minimum Gasteiger partial charge on any atom is -0.493 e. The van der Waals surface area contributed by atoms with Gasteiger partial charge in [-0.3, -0.25) is 4.79 Å². The Morgan fingerprint density at radius 1 is 1.21 bits per heavy atom. The molecule has 1 heterocycles. The molecule has 0 spiro atoms. The number of nitrogens with one attached hydrogen (secondary N) is 1. The lowest BCUT2D eigenvalue weighted by molar-refractivity contribution is -0.121. The van der Waals surface area contributed by atoms with Crippen LogP contribution < -0.4 is 19.7 Å². The molecule has 0 aliphatic heterocycles. The molecule has 0 unspecified atom stereocenters. The Morgan fingerprint density at radius 2 is 2.00 bits per heavy atom. The van der Waals surface area contributed by atoms with E-state index in [4.69, 9.17) is 14.7 Å². The van der Waals surface area contributed by atoms with Crippen LogP contribution in [0.3, 0.4) is 0 Å². The second-order valence-corrected chi connectivity index (χ2v) is 6.40. The van der Waals surface area contributed by atoms with Crippen LogP contribution in [0.5, 0.6) is 11.5 Å². The molecule has 1 N–H and O–H groups in total. The van der Waals surface area contributed by atoms with E-state index in [1.807, 2.05) is 12.1 Å². The van der Waals surface area contributed by atoms with Gasteiger partial charge < -0.3 is 19.7 Å². The Balaban J connectivity index is 1.72. The van der Waals surface area contributed by atoms with Crippen molar-refractivity contribution in [2.75, 3.05) is 31.7 Å². The van der Waals surface area contributed by atoms with E-state index in [1.165, 1.54) is 7.11 Å². The summed E-state index contributed by atoms with van der Waals surface area (Å²) in [7, 11) is 1.53. The molecule has 0 saturated heterocycles. The van der Waals surface area contributed by atoms with Crippen LogP contribution in [0.25, 0.3) is 0 Å². The zero-order valence-corrected chi connectivity index (χ0v) is 17.3. The van der Waals surface area contributed by atoms with Crippen LogP contribution in [0.2, 0.25) is 0 Å². The maximum atomic E-state index is 12.0. The highest BCUT2D eigenvalue weighted by Gasteiger charge is 2.07. The van der Waals surface area contributed by atoms with Crippen LogP contribution in [0.4, 0.5) is 5.82 Å². The van der Waals surface area contributed by atoms with Crippen LogP contribution in [-0.4, -0.2) is 37.7 Å². The van der Waals surface area contributed by atoms with Crippen molar-refractivity contribution in [3.63, 3.8) is 0 Å². The van der Waals surface area contributed by atoms with Gasteiger partial charge in [0, 0.05) is 38.3 Å². The van der Waals surface area contributed by atoms with Gasteiger partial charge in [-0.1, -0.05) is 6.07 Å². The molecular weight excluding hydrogens is 368 g/mol. The Hall–Kier alpha value is -3.27. The van der Waals surface area contributed by atoms with E-state index in [0.29, 0.717) is 43.1 Å². The number of amides is 1. The number of anilines is 1. The quantitative estimate of drug-likeness (QED) is 0.587. The maximum Gasteiger partial charge on any atom is 0.220 e. The Bertz CT molecular complexity index is 827. The summed E-state index contributed by atoms with van der Waals surface area (Å²) in [5, 5.41) is 11.8. The normalized spacial score (nSPS) is 10.1. The largest absolute Gasteiger partial charge is 0.493 e. The van der Waals surface area contributed by atoms with Gasteiger partial charge in [-0.25, -0.2) is 4.98 Å². The highest BCUT2D eigenvalue weighted by Crippen LogP contribution is 2.27. The fraction of sp³-hybridized carbons (Fsp3) is 0.409. The van der Waals surface area contributed by atoms with E-state index in [0.717, 1.165) is 24.5 Å². The maximum absolute atomic E-state index is 12.0. The summed E-state index contributed by atoms with van der Waals surface area (Å²) in [6.07, 6.45) is 2.74. The number of hydrogen-bond donors (Lipinski definition) is 1. The Kier molecular flexibility index (Phi) is 8.77. The van der Waals surface area contributed by atoms with E-state index in [9.17, 15) is 4.79 Å². The molecule has 1 aromatic carbocycles. The lowest BCUT2D eigenvalue weighted by Crippen LogP contribution is -2.24. The zero-order valence-electron chi connectivity index (χ0n) is 17.3.